The second-order valence-corrected chi connectivity index (χ2v) is 6.72. The molecule has 0 aliphatic rings. The molecular formula is C18H13Cl3N4O. The minimum atomic E-state index is -0.415. The first kappa shape index (κ1) is 18.5. The Balaban J connectivity index is 1.74. The number of carbonyl (C=O) groups is 1. The second kappa shape index (κ2) is 7.91. The van der Waals surface area contributed by atoms with Crippen molar-refractivity contribution in [1.29, 1.82) is 0 Å². The lowest BCUT2D eigenvalue weighted by molar-refractivity contribution is 0.0950. The highest BCUT2D eigenvalue weighted by Gasteiger charge is 2.13. The minimum Gasteiger partial charge on any atom is -0.272 e. The van der Waals surface area contributed by atoms with Crippen molar-refractivity contribution in [3.63, 3.8) is 0 Å². The Morgan fingerprint density at radius 2 is 1.73 bits per heavy atom. The number of benzene rings is 2. The highest BCUT2D eigenvalue weighted by atomic mass is 35.5. The first-order chi connectivity index (χ1) is 12.4. The summed E-state index contributed by atoms with van der Waals surface area (Å²) >= 11 is 17.9. The highest BCUT2D eigenvalue weighted by molar-refractivity contribution is 6.36. The fourth-order valence-corrected chi connectivity index (χ4v) is 2.86. The fourth-order valence-electron chi connectivity index (χ4n) is 2.22. The number of H-pyrrole nitrogens is 1. The molecule has 1 aromatic heterocycles. The van der Waals surface area contributed by atoms with Crippen LogP contribution in [0.15, 0.2) is 53.6 Å². The number of nitrogens with zero attached hydrogens (tertiary/aromatic N) is 2. The van der Waals surface area contributed by atoms with Gasteiger partial charge in [0.2, 0.25) is 0 Å². The summed E-state index contributed by atoms with van der Waals surface area (Å²) in [6.45, 7) is 1.79. The molecule has 0 spiro atoms. The Morgan fingerprint density at radius 1 is 1.04 bits per heavy atom. The molecule has 0 aliphatic heterocycles. The van der Waals surface area contributed by atoms with Gasteiger partial charge in [0.05, 0.1) is 16.4 Å². The van der Waals surface area contributed by atoms with E-state index in [0.29, 0.717) is 32.0 Å². The van der Waals surface area contributed by atoms with Crippen LogP contribution in [0, 0.1) is 0 Å². The summed E-state index contributed by atoms with van der Waals surface area (Å²) in [6, 6.07) is 13.8. The van der Waals surface area contributed by atoms with Crippen molar-refractivity contribution in [2.24, 2.45) is 5.10 Å². The lowest BCUT2D eigenvalue weighted by atomic mass is 10.1. The fraction of sp³-hybridized carbons (Fsp3) is 0.0556. The normalized spacial score (nSPS) is 11.5. The van der Waals surface area contributed by atoms with E-state index in [0.717, 1.165) is 5.56 Å². The predicted octanol–water partition coefficient (Wildman–Crippen LogP) is 5.19. The molecule has 0 bridgehead atoms. The van der Waals surface area contributed by atoms with E-state index in [1.54, 1.807) is 43.3 Å². The van der Waals surface area contributed by atoms with E-state index in [-0.39, 0.29) is 5.69 Å². The van der Waals surface area contributed by atoms with Crippen LogP contribution in [0.1, 0.15) is 23.0 Å². The van der Waals surface area contributed by atoms with Gasteiger partial charge < -0.3 is 0 Å². The van der Waals surface area contributed by atoms with Gasteiger partial charge in [0.25, 0.3) is 5.91 Å². The van der Waals surface area contributed by atoms with Crippen LogP contribution in [-0.4, -0.2) is 21.8 Å². The number of hydrogen-bond acceptors (Lipinski definition) is 3. The molecule has 0 fully saturated rings. The molecule has 5 nitrogen and oxygen atoms in total. The van der Waals surface area contributed by atoms with E-state index in [9.17, 15) is 4.79 Å². The smallest absolute Gasteiger partial charge is 0.272 e. The van der Waals surface area contributed by atoms with Crippen molar-refractivity contribution in [3.8, 4) is 11.3 Å². The summed E-state index contributed by atoms with van der Waals surface area (Å²) < 4.78 is 0. The number of aromatic nitrogens is 2. The monoisotopic (exact) mass is 406 g/mol. The topological polar surface area (TPSA) is 70.1 Å². The number of rotatable bonds is 4. The SMILES string of the molecule is C/C(=N/NC(=O)c1cc(-c2ccc(Cl)cc2Cl)n[nH]1)c1ccc(Cl)cc1. The van der Waals surface area contributed by atoms with Crippen LogP contribution >= 0.6 is 34.8 Å². The number of hydrazone groups is 1. The first-order valence-corrected chi connectivity index (χ1v) is 8.69. The van der Waals surface area contributed by atoms with Gasteiger partial charge in [-0.05, 0) is 48.9 Å². The molecule has 0 unspecified atom stereocenters. The summed E-state index contributed by atoms with van der Waals surface area (Å²) in [5.74, 6) is -0.415. The van der Waals surface area contributed by atoms with Crippen LogP contribution in [0.4, 0.5) is 0 Å². The van der Waals surface area contributed by atoms with E-state index in [2.05, 4.69) is 20.7 Å². The van der Waals surface area contributed by atoms with Gasteiger partial charge in [-0.15, -0.1) is 0 Å². The van der Waals surface area contributed by atoms with Crippen LogP contribution in [0.2, 0.25) is 15.1 Å². The summed E-state index contributed by atoms with van der Waals surface area (Å²) in [5, 5.41) is 12.5. The van der Waals surface area contributed by atoms with E-state index in [1.807, 2.05) is 12.1 Å². The zero-order valence-electron chi connectivity index (χ0n) is 13.6. The summed E-state index contributed by atoms with van der Waals surface area (Å²) in [4.78, 5) is 12.3. The molecule has 1 heterocycles. The Bertz CT molecular complexity index is 980. The molecule has 0 atom stereocenters. The molecule has 0 radical (unpaired) electrons. The third-order valence-corrected chi connectivity index (χ3v) is 4.42. The molecule has 132 valence electrons. The molecule has 3 rings (SSSR count). The number of hydrogen-bond donors (Lipinski definition) is 2. The van der Waals surface area contributed by atoms with E-state index >= 15 is 0 Å². The zero-order chi connectivity index (χ0) is 18.7. The van der Waals surface area contributed by atoms with E-state index in [1.165, 1.54) is 0 Å². The molecule has 2 aromatic carbocycles. The van der Waals surface area contributed by atoms with Gasteiger partial charge in [-0.2, -0.15) is 10.2 Å². The highest BCUT2D eigenvalue weighted by Crippen LogP contribution is 2.29. The Hall–Kier alpha value is -2.34. The van der Waals surface area contributed by atoms with Crippen LogP contribution in [0.25, 0.3) is 11.3 Å². The molecule has 2 N–H and O–H groups in total. The van der Waals surface area contributed by atoms with Crippen LogP contribution in [-0.2, 0) is 0 Å². The van der Waals surface area contributed by atoms with Gasteiger partial charge in [-0.1, -0.05) is 46.9 Å². The second-order valence-electron chi connectivity index (χ2n) is 5.44. The summed E-state index contributed by atoms with van der Waals surface area (Å²) in [6.07, 6.45) is 0. The quantitative estimate of drug-likeness (QED) is 0.461. The number of nitrogens with one attached hydrogen (secondary N) is 2. The molecular weight excluding hydrogens is 395 g/mol. The molecule has 0 saturated heterocycles. The molecule has 0 saturated carbocycles. The average Bonchev–Trinajstić information content (AvgIpc) is 3.10. The average molecular weight is 408 g/mol. The van der Waals surface area contributed by atoms with Crippen LogP contribution in [0.3, 0.4) is 0 Å². The lowest BCUT2D eigenvalue weighted by Crippen LogP contribution is -2.19. The van der Waals surface area contributed by atoms with Crippen molar-refractivity contribution >= 4 is 46.4 Å². The molecule has 8 heteroatoms. The molecule has 26 heavy (non-hydrogen) atoms. The standard InChI is InChI=1S/C18H13Cl3N4O/c1-10(11-2-4-12(19)5-3-11)22-25-18(26)17-9-16(23-24-17)14-7-6-13(20)8-15(14)21/h2-9H,1H3,(H,23,24)(H,25,26)/b22-10-. The van der Waals surface area contributed by atoms with Crippen molar-refractivity contribution < 1.29 is 4.79 Å². The number of aromatic amines is 1. The van der Waals surface area contributed by atoms with Crippen LogP contribution in [0.5, 0.6) is 0 Å². The van der Waals surface area contributed by atoms with Crippen molar-refractivity contribution in [1.82, 2.24) is 15.6 Å². The Morgan fingerprint density at radius 3 is 2.42 bits per heavy atom. The maximum Gasteiger partial charge on any atom is 0.289 e. The number of amides is 1. The lowest BCUT2D eigenvalue weighted by Gasteiger charge is -2.02. The third-order valence-electron chi connectivity index (χ3n) is 3.62. The summed E-state index contributed by atoms with van der Waals surface area (Å²) in [5.41, 5.74) is 5.47. The van der Waals surface area contributed by atoms with Gasteiger partial charge >= 0.3 is 0 Å². The van der Waals surface area contributed by atoms with Gasteiger partial charge in [0.15, 0.2) is 0 Å². The first-order valence-electron chi connectivity index (χ1n) is 7.55. The predicted molar refractivity (Wildman–Crippen MR) is 105 cm³/mol. The van der Waals surface area contributed by atoms with Crippen molar-refractivity contribution in [2.45, 2.75) is 6.92 Å². The number of halogens is 3. The van der Waals surface area contributed by atoms with E-state index in [4.69, 9.17) is 34.8 Å². The van der Waals surface area contributed by atoms with Crippen molar-refractivity contribution in [3.05, 3.63) is 74.9 Å². The Labute approximate surface area is 165 Å². The molecule has 1 amide bonds. The van der Waals surface area contributed by atoms with Crippen LogP contribution < -0.4 is 5.43 Å². The van der Waals surface area contributed by atoms with Crippen molar-refractivity contribution in [2.75, 3.05) is 0 Å². The maximum atomic E-state index is 12.3. The maximum absolute atomic E-state index is 12.3. The van der Waals surface area contributed by atoms with Gasteiger partial charge in [-0.3, -0.25) is 9.89 Å². The molecule has 3 aromatic rings. The number of carbonyl (C=O) groups excluding carboxylic acids is 1. The van der Waals surface area contributed by atoms with Gasteiger partial charge in [0.1, 0.15) is 5.69 Å². The third kappa shape index (κ3) is 4.25. The Kier molecular flexibility index (Phi) is 5.61. The molecule has 0 aliphatic carbocycles. The van der Waals surface area contributed by atoms with Gasteiger partial charge in [-0.25, -0.2) is 5.43 Å². The largest absolute Gasteiger partial charge is 0.289 e. The minimum absolute atomic E-state index is 0.263. The van der Waals surface area contributed by atoms with Gasteiger partial charge in [0, 0.05) is 15.6 Å². The zero-order valence-corrected chi connectivity index (χ0v) is 15.8. The van der Waals surface area contributed by atoms with E-state index < -0.39 is 5.91 Å². The summed E-state index contributed by atoms with van der Waals surface area (Å²) in [7, 11) is 0.